The molecule has 3 amide bonds. The van der Waals surface area contributed by atoms with Crippen molar-refractivity contribution in [3.8, 4) is 6.07 Å². The van der Waals surface area contributed by atoms with Gasteiger partial charge in [-0.15, -0.1) is 0 Å². The predicted octanol–water partition coefficient (Wildman–Crippen LogP) is 1.53. The number of carbonyl (C=O) groups is 2. The number of carbonyl (C=O) groups excluding carboxylic acids is 2. The Labute approximate surface area is 129 Å². The number of rotatable bonds is 1. The zero-order valence-electron chi connectivity index (χ0n) is 11.2. The van der Waals surface area contributed by atoms with Crippen molar-refractivity contribution in [1.29, 1.82) is 5.26 Å². The molecule has 0 aromatic heterocycles. The molecule has 2 fully saturated rings. The summed E-state index contributed by atoms with van der Waals surface area (Å²) >= 11 is 3.32. The summed E-state index contributed by atoms with van der Waals surface area (Å²) < 4.78 is 0.565. The van der Waals surface area contributed by atoms with Crippen LogP contribution in [-0.2, 0) is 4.79 Å². The molecule has 1 aromatic rings. The first-order valence-corrected chi connectivity index (χ1v) is 7.28. The molecule has 0 bridgehead atoms. The lowest BCUT2D eigenvalue weighted by atomic mass is 10.1. The molecule has 2 aliphatic heterocycles. The lowest BCUT2D eigenvalue weighted by Gasteiger charge is -2.19. The number of amides is 3. The van der Waals surface area contributed by atoms with Crippen LogP contribution in [0.1, 0.15) is 17.5 Å². The molecule has 2 saturated heterocycles. The summed E-state index contributed by atoms with van der Waals surface area (Å²) in [5.74, 6) is -0.412. The fourth-order valence-electron chi connectivity index (χ4n) is 2.87. The van der Waals surface area contributed by atoms with Gasteiger partial charge in [-0.2, -0.15) is 5.26 Å². The number of aliphatic hydroxyl groups excluding tert-OH is 1. The number of imide groups is 1. The molecule has 1 N–H and O–H groups in total. The van der Waals surface area contributed by atoms with Crippen LogP contribution in [0, 0.1) is 18.3 Å². The average Bonchev–Trinajstić information content (AvgIpc) is 2.95. The van der Waals surface area contributed by atoms with Crippen molar-refractivity contribution in [2.75, 3.05) is 11.4 Å². The van der Waals surface area contributed by atoms with E-state index in [1.165, 1.54) is 4.90 Å². The highest BCUT2D eigenvalue weighted by atomic mass is 79.9. The van der Waals surface area contributed by atoms with Crippen molar-refractivity contribution in [1.82, 2.24) is 4.90 Å². The topological polar surface area (TPSA) is 84.6 Å². The minimum Gasteiger partial charge on any atom is -0.390 e. The number of anilines is 1. The molecule has 21 heavy (non-hydrogen) atoms. The second-order valence-electron chi connectivity index (χ2n) is 5.13. The zero-order chi connectivity index (χ0) is 15.3. The lowest BCUT2D eigenvalue weighted by molar-refractivity contribution is -0.121. The molecule has 6 nitrogen and oxygen atoms in total. The highest BCUT2D eigenvalue weighted by Gasteiger charge is 2.52. The Bertz CT molecular complexity index is 697. The van der Waals surface area contributed by atoms with Crippen LogP contribution < -0.4 is 4.90 Å². The number of fused-ring (bicyclic) bond motifs is 1. The Morgan fingerprint density at radius 3 is 2.76 bits per heavy atom. The van der Waals surface area contributed by atoms with Gasteiger partial charge in [-0.25, -0.2) is 9.69 Å². The molecule has 7 heteroatoms. The smallest absolute Gasteiger partial charge is 0.332 e. The molecule has 108 valence electrons. The number of hydrogen-bond acceptors (Lipinski definition) is 4. The Hall–Kier alpha value is -1.91. The molecular weight excluding hydrogens is 338 g/mol. The summed E-state index contributed by atoms with van der Waals surface area (Å²) in [6.45, 7) is 2.12. The standard InChI is InChI=1S/C14H12BrN3O3/c1-7-9(3-2-8(6-16)11(7)15)18-13(20)12-10(19)4-5-17(12)14(18)21/h2-3,10,12,19H,4-5H2,1H3/t10-,12?/m1/s1. The first kappa shape index (κ1) is 14.0. The molecule has 0 aliphatic carbocycles. The van der Waals surface area contributed by atoms with Crippen LogP contribution >= 0.6 is 15.9 Å². The summed E-state index contributed by atoms with van der Waals surface area (Å²) in [5, 5.41) is 18.9. The second-order valence-corrected chi connectivity index (χ2v) is 5.93. The Balaban J connectivity index is 2.07. The number of nitriles is 1. The molecule has 2 aliphatic rings. The summed E-state index contributed by atoms with van der Waals surface area (Å²) in [6.07, 6.45) is -0.389. The summed E-state index contributed by atoms with van der Waals surface area (Å²) in [6, 6.07) is 3.98. The van der Waals surface area contributed by atoms with Crippen molar-refractivity contribution >= 4 is 33.6 Å². The van der Waals surface area contributed by atoms with Gasteiger partial charge in [-0.3, -0.25) is 4.79 Å². The molecule has 2 atom stereocenters. The first-order chi connectivity index (χ1) is 9.97. The summed E-state index contributed by atoms with van der Waals surface area (Å²) in [4.78, 5) is 27.3. The van der Waals surface area contributed by atoms with Gasteiger partial charge in [-0.05, 0) is 47.0 Å². The van der Waals surface area contributed by atoms with Crippen LogP contribution in [-0.4, -0.2) is 40.6 Å². The van der Waals surface area contributed by atoms with Crippen LogP contribution in [0.3, 0.4) is 0 Å². The molecule has 0 saturated carbocycles. The normalized spacial score (nSPS) is 24.5. The van der Waals surface area contributed by atoms with Crippen molar-refractivity contribution in [3.05, 3.63) is 27.7 Å². The van der Waals surface area contributed by atoms with Gasteiger partial charge in [0.05, 0.1) is 17.4 Å². The van der Waals surface area contributed by atoms with Gasteiger partial charge in [0.15, 0.2) is 0 Å². The fraction of sp³-hybridized carbons (Fsp3) is 0.357. The monoisotopic (exact) mass is 349 g/mol. The van der Waals surface area contributed by atoms with Crippen LogP contribution in [0.4, 0.5) is 10.5 Å². The summed E-state index contributed by atoms with van der Waals surface area (Å²) in [5.41, 5.74) is 1.53. The Morgan fingerprint density at radius 1 is 1.43 bits per heavy atom. The minimum absolute atomic E-state index is 0.378. The first-order valence-electron chi connectivity index (χ1n) is 6.49. The van der Waals surface area contributed by atoms with E-state index < -0.39 is 24.1 Å². The van der Waals surface area contributed by atoms with Crippen LogP contribution in [0.15, 0.2) is 16.6 Å². The maximum absolute atomic E-state index is 12.4. The predicted molar refractivity (Wildman–Crippen MR) is 77.6 cm³/mol. The van der Waals surface area contributed by atoms with Gasteiger partial charge in [0.25, 0.3) is 5.91 Å². The van der Waals surface area contributed by atoms with E-state index in [2.05, 4.69) is 15.9 Å². The molecule has 1 aromatic carbocycles. The molecule has 3 rings (SSSR count). The number of halogens is 1. The third-order valence-corrected chi connectivity index (χ3v) is 5.02. The van der Waals surface area contributed by atoms with Gasteiger partial charge < -0.3 is 10.0 Å². The van der Waals surface area contributed by atoms with Gasteiger partial charge in [-0.1, -0.05) is 0 Å². The van der Waals surface area contributed by atoms with E-state index in [1.807, 2.05) is 6.07 Å². The Morgan fingerprint density at radius 2 is 2.14 bits per heavy atom. The summed E-state index contributed by atoms with van der Waals surface area (Å²) in [7, 11) is 0. The van der Waals surface area contributed by atoms with E-state index in [0.717, 1.165) is 4.90 Å². The highest BCUT2D eigenvalue weighted by Crippen LogP contribution is 2.36. The maximum atomic E-state index is 12.4. The molecule has 1 unspecified atom stereocenters. The number of urea groups is 1. The van der Waals surface area contributed by atoms with E-state index in [9.17, 15) is 14.7 Å². The third kappa shape index (κ3) is 1.87. The van der Waals surface area contributed by atoms with Crippen molar-refractivity contribution in [2.45, 2.75) is 25.5 Å². The van der Waals surface area contributed by atoms with Crippen LogP contribution in [0.25, 0.3) is 0 Å². The van der Waals surface area contributed by atoms with Crippen molar-refractivity contribution in [2.24, 2.45) is 0 Å². The van der Waals surface area contributed by atoms with Crippen LogP contribution in [0.2, 0.25) is 0 Å². The van der Waals surface area contributed by atoms with E-state index in [0.29, 0.717) is 34.3 Å². The second kappa shape index (κ2) is 4.83. The average molecular weight is 350 g/mol. The van der Waals surface area contributed by atoms with E-state index in [1.54, 1.807) is 19.1 Å². The molecular formula is C14H12BrN3O3. The molecule has 2 heterocycles. The Kier molecular flexibility index (Phi) is 3.23. The van der Waals surface area contributed by atoms with Gasteiger partial charge in [0, 0.05) is 11.0 Å². The molecule has 0 radical (unpaired) electrons. The quantitative estimate of drug-likeness (QED) is 0.779. The maximum Gasteiger partial charge on any atom is 0.332 e. The van der Waals surface area contributed by atoms with E-state index in [4.69, 9.17) is 5.26 Å². The van der Waals surface area contributed by atoms with E-state index in [-0.39, 0.29) is 0 Å². The van der Waals surface area contributed by atoms with E-state index >= 15 is 0 Å². The number of benzene rings is 1. The number of hydrogen-bond donors (Lipinski definition) is 1. The molecule has 0 spiro atoms. The van der Waals surface area contributed by atoms with Gasteiger partial charge >= 0.3 is 6.03 Å². The van der Waals surface area contributed by atoms with Crippen LogP contribution in [0.5, 0.6) is 0 Å². The minimum atomic E-state index is -0.812. The van der Waals surface area contributed by atoms with Crippen molar-refractivity contribution in [3.63, 3.8) is 0 Å². The zero-order valence-corrected chi connectivity index (χ0v) is 12.8. The highest BCUT2D eigenvalue weighted by molar-refractivity contribution is 9.10. The number of nitrogens with zero attached hydrogens (tertiary/aromatic N) is 3. The third-order valence-electron chi connectivity index (χ3n) is 4.00. The van der Waals surface area contributed by atoms with Gasteiger partial charge in [0.1, 0.15) is 12.1 Å². The fourth-order valence-corrected chi connectivity index (χ4v) is 3.29. The van der Waals surface area contributed by atoms with Gasteiger partial charge in [0.2, 0.25) is 0 Å². The van der Waals surface area contributed by atoms with Crippen molar-refractivity contribution < 1.29 is 14.7 Å². The lowest BCUT2D eigenvalue weighted by Crippen LogP contribution is -2.36. The SMILES string of the molecule is Cc1c(N2C(=O)C3[C@H](O)CCN3C2=O)ccc(C#N)c1Br. The largest absolute Gasteiger partial charge is 0.390 e. The number of aliphatic hydroxyl groups is 1.